The average Bonchev–Trinajstić information content (AvgIpc) is 2.04. The molecule has 0 aromatic rings. The Morgan fingerprint density at radius 2 is 1.71 bits per heavy atom. The molecule has 0 spiro atoms. The molecule has 0 aliphatic carbocycles. The molecule has 0 bridgehead atoms. The summed E-state index contributed by atoms with van der Waals surface area (Å²) < 4.78 is 58.1. The molecule has 0 rings (SSSR count). The third-order valence-corrected chi connectivity index (χ3v) is 3.81. The van der Waals surface area contributed by atoms with E-state index in [9.17, 15) is 17.7 Å². The summed E-state index contributed by atoms with van der Waals surface area (Å²) in [5.74, 6) is 0. The van der Waals surface area contributed by atoms with Crippen LogP contribution in [0.2, 0.25) is 0 Å². The molecule has 1 unspecified atom stereocenters. The molecule has 0 fully saturated rings. The maximum atomic E-state index is 12.9. The molecule has 0 radical (unpaired) electrons. The van der Waals surface area contributed by atoms with Crippen molar-refractivity contribution in [1.29, 1.82) is 0 Å². The van der Waals surface area contributed by atoms with Gasteiger partial charge in [0.15, 0.2) is 0 Å². The fraction of sp³-hybridized carbons (Fsp3) is 1.00. The van der Waals surface area contributed by atoms with E-state index in [0.29, 0.717) is 0 Å². The van der Waals surface area contributed by atoms with Gasteiger partial charge >= 0.3 is 13.3 Å². The Balaban J connectivity index is 4.89. The molecule has 0 heterocycles. The summed E-state index contributed by atoms with van der Waals surface area (Å²) in [5.41, 5.74) is -7.44. The lowest BCUT2D eigenvalue weighted by molar-refractivity contribution is 0.00242. The SMILES string of the molecule is CCOP(=O)(OCC)C(F)(F)C(F)Cl. The molecule has 0 aromatic heterocycles. The first kappa shape index (κ1) is 14.2. The van der Waals surface area contributed by atoms with Crippen LogP contribution >= 0.6 is 19.2 Å². The van der Waals surface area contributed by atoms with Crippen molar-refractivity contribution < 1.29 is 26.8 Å². The van der Waals surface area contributed by atoms with Crippen LogP contribution in [0.25, 0.3) is 0 Å². The first-order valence-corrected chi connectivity index (χ1v) is 5.85. The van der Waals surface area contributed by atoms with Crippen molar-refractivity contribution in [3.8, 4) is 0 Å². The van der Waals surface area contributed by atoms with E-state index in [2.05, 4.69) is 20.6 Å². The summed E-state index contributed by atoms with van der Waals surface area (Å²) in [4.78, 5) is 0. The molecule has 0 aromatic carbocycles. The normalized spacial score (nSPS) is 15.6. The van der Waals surface area contributed by atoms with E-state index in [4.69, 9.17) is 0 Å². The smallest absolute Gasteiger partial charge is 0.305 e. The fourth-order valence-electron chi connectivity index (χ4n) is 0.669. The highest BCUT2D eigenvalue weighted by Crippen LogP contribution is 2.64. The Labute approximate surface area is 85.1 Å². The summed E-state index contributed by atoms with van der Waals surface area (Å²) in [6, 6.07) is 0. The minimum absolute atomic E-state index is 0.281. The van der Waals surface area contributed by atoms with Gasteiger partial charge in [0, 0.05) is 0 Å². The largest absolute Gasteiger partial charge is 0.404 e. The highest BCUT2D eigenvalue weighted by molar-refractivity contribution is 7.55. The number of halogens is 4. The monoisotopic (exact) mass is 254 g/mol. The van der Waals surface area contributed by atoms with Crippen LogP contribution < -0.4 is 0 Å². The van der Waals surface area contributed by atoms with Crippen molar-refractivity contribution >= 4 is 19.2 Å². The highest BCUT2D eigenvalue weighted by Gasteiger charge is 2.59. The standard InChI is InChI=1S/C6H11ClF3O3P/c1-3-12-14(11,13-4-2)6(9,10)5(7)8/h5H,3-4H2,1-2H3. The third-order valence-electron chi connectivity index (χ3n) is 1.23. The van der Waals surface area contributed by atoms with E-state index in [0.717, 1.165) is 0 Å². The Hall–Kier alpha value is 0.230. The molecule has 1 atom stereocenters. The number of hydrogen-bond donors (Lipinski definition) is 0. The highest BCUT2D eigenvalue weighted by atomic mass is 35.5. The van der Waals surface area contributed by atoms with E-state index >= 15 is 0 Å². The second kappa shape index (κ2) is 5.35. The molecule has 86 valence electrons. The van der Waals surface area contributed by atoms with Crippen LogP contribution in [0.4, 0.5) is 13.2 Å². The number of alkyl halides is 4. The molecule has 0 saturated carbocycles. The second-order valence-corrected chi connectivity index (χ2v) is 4.71. The zero-order valence-electron chi connectivity index (χ0n) is 7.68. The zero-order valence-corrected chi connectivity index (χ0v) is 9.33. The van der Waals surface area contributed by atoms with E-state index in [1.807, 2.05) is 0 Å². The molecule has 3 nitrogen and oxygen atoms in total. The van der Waals surface area contributed by atoms with Gasteiger partial charge in [-0.1, -0.05) is 11.6 Å². The summed E-state index contributed by atoms with van der Waals surface area (Å²) in [7, 11) is -4.82. The average molecular weight is 255 g/mol. The van der Waals surface area contributed by atoms with Gasteiger partial charge in [0.2, 0.25) is 5.63 Å². The number of hydrogen-bond acceptors (Lipinski definition) is 3. The van der Waals surface area contributed by atoms with Gasteiger partial charge in [-0.2, -0.15) is 8.78 Å². The van der Waals surface area contributed by atoms with E-state index in [-0.39, 0.29) is 13.2 Å². The van der Waals surface area contributed by atoms with Crippen LogP contribution in [0.15, 0.2) is 0 Å². The maximum absolute atomic E-state index is 12.9. The van der Waals surface area contributed by atoms with Crippen LogP contribution in [0.5, 0.6) is 0 Å². The fourth-order valence-corrected chi connectivity index (χ4v) is 2.37. The Bertz CT molecular complexity index is 214. The van der Waals surface area contributed by atoms with Gasteiger partial charge in [-0.25, -0.2) is 4.39 Å². The molecule has 0 amide bonds. The van der Waals surface area contributed by atoms with Gasteiger partial charge in [-0.05, 0) is 13.8 Å². The van der Waals surface area contributed by atoms with Gasteiger partial charge in [0.1, 0.15) is 0 Å². The Kier molecular flexibility index (Phi) is 5.44. The van der Waals surface area contributed by atoms with Crippen molar-refractivity contribution in [2.75, 3.05) is 13.2 Å². The summed E-state index contributed by atoms with van der Waals surface area (Å²) >= 11 is 4.58. The molecule has 0 saturated heterocycles. The summed E-state index contributed by atoms with van der Waals surface area (Å²) in [6.07, 6.45) is 0. The number of rotatable bonds is 6. The van der Waals surface area contributed by atoms with Crippen molar-refractivity contribution in [1.82, 2.24) is 0 Å². The first-order chi connectivity index (χ1) is 6.31. The van der Waals surface area contributed by atoms with Gasteiger partial charge in [-0.15, -0.1) is 0 Å². The maximum Gasteiger partial charge on any atom is 0.404 e. The molecular weight excluding hydrogens is 243 g/mol. The van der Waals surface area contributed by atoms with Crippen molar-refractivity contribution in [3.63, 3.8) is 0 Å². The molecule has 8 heteroatoms. The lowest BCUT2D eigenvalue weighted by Gasteiger charge is -2.25. The van der Waals surface area contributed by atoms with Gasteiger partial charge in [-0.3, -0.25) is 4.57 Å². The van der Waals surface area contributed by atoms with Gasteiger partial charge < -0.3 is 9.05 Å². The Morgan fingerprint density at radius 1 is 1.36 bits per heavy atom. The van der Waals surface area contributed by atoms with Crippen molar-refractivity contribution in [2.24, 2.45) is 0 Å². The van der Waals surface area contributed by atoms with Gasteiger partial charge in [0.05, 0.1) is 13.2 Å². The quantitative estimate of drug-likeness (QED) is 0.538. The summed E-state index contributed by atoms with van der Waals surface area (Å²) in [5, 5.41) is 0. The van der Waals surface area contributed by atoms with Crippen LogP contribution in [0.3, 0.4) is 0 Å². The second-order valence-electron chi connectivity index (χ2n) is 2.22. The van der Waals surface area contributed by atoms with Crippen LogP contribution in [0, 0.1) is 0 Å². The zero-order chi connectivity index (χ0) is 11.4. The first-order valence-electron chi connectivity index (χ1n) is 3.87. The molecule has 0 aliphatic heterocycles. The lowest BCUT2D eigenvalue weighted by Crippen LogP contribution is -2.28. The van der Waals surface area contributed by atoms with Crippen molar-refractivity contribution in [2.45, 2.75) is 25.1 Å². The minimum atomic E-state index is -4.82. The lowest BCUT2D eigenvalue weighted by atomic mass is 10.8. The minimum Gasteiger partial charge on any atom is -0.305 e. The summed E-state index contributed by atoms with van der Waals surface area (Å²) in [6.45, 7) is 2.11. The van der Waals surface area contributed by atoms with Gasteiger partial charge in [0.25, 0.3) is 0 Å². The van der Waals surface area contributed by atoms with E-state index < -0.39 is 18.9 Å². The van der Waals surface area contributed by atoms with E-state index in [1.165, 1.54) is 13.8 Å². The van der Waals surface area contributed by atoms with Crippen LogP contribution in [0.1, 0.15) is 13.8 Å². The van der Waals surface area contributed by atoms with Crippen LogP contribution in [-0.4, -0.2) is 24.5 Å². The van der Waals surface area contributed by atoms with E-state index in [1.54, 1.807) is 0 Å². The molecule has 0 aliphatic rings. The predicted molar refractivity (Wildman–Crippen MR) is 46.6 cm³/mol. The predicted octanol–water partition coefficient (Wildman–Crippen LogP) is 3.38. The Morgan fingerprint density at radius 3 is 1.93 bits per heavy atom. The van der Waals surface area contributed by atoms with Crippen LogP contribution in [-0.2, 0) is 13.6 Å². The topological polar surface area (TPSA) is 35.5 Å². The van der Waals surface area contributed by atoms with Crippen molar-refractivity contribution in [3.05, 3.63) is 0 Å². The molecular formula is C6H11ClF3O3P. The molecule has 14 heavy (non-hydrogen) atoms. The third kappa shape index (κ3) is 2.86. The molecule has 0 N–H and O–H groups in total.